The summed E-state index contributed by atoms with van der Waals surface area (Å²) >= 11 is 0. The smallest absolute Gasteiger partial charge is 0.410 e. The zero-order valence-corrected chi connectivity index (χ0v) is 17.1. The number of aromatic nitrogens is 1. The van der Waals surface area contributed by atoms with Crippen molar-refractivity contribution in [2.24, 2.45) is 0 Å². The number of piperazine rings is 1. The van der Waals surface area contributed by atoms with E-state index in [0.717, 1.165) is 44.3 Å². The molecule has 7 nitrogen and oxygen atoms in total. The molecule has 3 heterocycles. The summed E-state index contributed by atoms with van der Waals surface area (Å²) in [7, 11) is 0. The molecule has 8 heteroatoms. The van der Waals surface area contributed by atoms with Crippen LogP contribution in [0.4, 0.5) is 9.18 Å². The van der Waals surface area contributed by atoms with Gasteiger partial charge in [-0.3, -0.25) is 14.6 Å². The van der Waals surface area contributed by atoms with Gasteiger partial charge in [0.25, 0.3) is 5.91 Å². The Morgan fingerprint density at radius 1 is 1.27 bits per heavy atom. The number of fused-ring (bicyclic) bond motifs is 2. The van der Waals surface area contributed by atoms with E-state index in [2.05, 4.69) is 15.2 Å². The lowest BCUT2D eigenvalue weighted by Crippen LogP contribution is -2.56. The molecule has 0 spiro atoms. The number of hydrogen-bond donors (Lipinski definition) is 2. The second kappa shape index (κ2) is 7.58. The molecule has 30 heavy (non-hydrogen) atoms. The van der Waals surface area contributed by atoms with Crippen LogP contribution in [0, 0.1) is 12.7 Å². The van der Waals surface area contributed by atoms with E-state index < -0.39 is 0 Å². The Hall–Kier alpha value is -2.61. The number of carbonyl (C=O) groups is 2. The van der Waals surface area contributed by atoms with Crippen LogP contribution in [0.3, 0.4) is 0 Å². The second-order valence-electron chi connectivity index (χ2n) is 8.75. The Morgan fingerprint density at radius 3 is 2.97 bits per heavy atom. The van der Waals surface area contributed by atoms with Gasteiger partial charge in [0.05, 0.1) is 11.6 Å². The number of carbonyl (C=O) groups excluding carboxylic acids is 2. The van der Waals surface area contributed by atoms with Crippen molar-refractivity contribution in [3.63, 3.8) is 0 Å². The van der Waals surface area contributed by atoms with Crippen molar-refractivity contribution in [3.8, 4) is 0 Å². The van der Waals surface area contributed by atoms with E-state index in [1.165, 1.54) is 6.07 Å². The molecule has 2 N–H and O–H groups in total. The molecule has 2 aromatic rings. The lowest BCUT2D eigenvalue weighted by molar-refractivity contribution is 0.0630. The molecule has 3 fully saturated rings. The molecule has 1 saturated carbocycles. The van der Waals surface area contributed by atoms with Gasteiger partial charge in [-0.15, -0.1) is 0 Å². The summed E-state index contributed by atoms with van der Waals surface area (Å²) in [6, 6.07) is 5.37. The molecule has 5 rings (SSSR count). The molecule has 2 amide bonds. The summed E-state index contributed by atoms with van der Waals surface area (Å²) in [4.78, 5) is 31.9. The minimum atomic E-state index is -0.322. The molecule has 3 aliphatic rings. The first-order chi connectivity index (χ1) is 14.5. The van der Waals surface area contributed by atoms with Crippen LogP contribution in [-0.4, -0.2) is 71.2 Å². The highest BCUT2D eigenvalue weighted by Gasteiger charge is 2.40. The average molecular weight is 414 g/mol. The standard InChI is InChI=1S/C22H27FN4O3/c1-13-5-6-18(23)17-10-19(25-20(13)17)21(28)24-14-3-2-4-15(9-14)26-7-8-27-16(11-26)12-30-22(27)29/h5-6,10,14-16,25H,2-4,7-9,11-12H2,1H3,(H,24,28)/t14-,15-,16+/m1/s1. The van der Waals surface area contributed by atoms with Crippen molar-refractivity contribution in [1.82, 2.24) is 20.1 Å². The lowest BCUT2D eigenvalue weighted by atomic mass is 9.89. The minimum absolute atomic E-state index is 0.0908. The number of cyclic esters (lactones) is 1. The summed E-state index contributed by atoms with van der Waals surface area (Å²) in [5.74, 6) is -0.507. The van der Waals surface area contributed by atoms with Crippen LogP contribution in [0.15, 0.2) is 18.2 Å². The van der Waals surface area contributed by atoms with Crippen molar-refractivity contribution < 1.29 is 18.7 Å². The van der Waals surface area contributed by atoms with Crippen molar-refractivity contribution in [1.29, 1.82) is 0 Å². The Bertz CT molecular complexity index is 951. The number of halogens is 1. The van der Waals surface area contributed by atoms with Crippen molar-refractivity contribution >= 4 is 22.9 Å². The molecule has 0 bridgehead atoms. The van der Waals surface area contributed by atoms with E-state index in [9.17, 15) is 14.0 Å². The second-order valence-corrected chi connectivity index (χ2v) is 8.75. The van der Waals surface area contributed by atoms with Gasteiger partial charge in [-0.25, -0.2) is 9.18 Å². The third kappa shape index (κ3) is 3.43. The third-order valence-electron chi connectivity index (χ3n) is 6.84. The third-order valence-corrected chi connectivity index (χ3v) is 6.84. The number of ether oxygens (including phenoxy) is 1. The fourth-order valence-corrected chi connectivity index (χ4v) is 5.18. The van der Waals surface area contributed by atoms with Crippen LogP contribution in [0.2, 0.25) is 0 Å². The maximum Gasteiger partial charge on any atom is 0.410 e. The minimum Gasteiger partial charge on any atom is -0.447 e. The highest BCUT2D eigenvalue weighted by atomic mass is 19.1. The van der Waals surface area contributed by atoms with Gasteiger partial charge in [0.1, 0.15) is 18.1 Å². The van der Waals surface area contributed by atoms with E-state index in [1.54, 1.807) is 12.1 Å². The maximum absolute atomic E-state index is 14.1. The number of H-pyrrole nitrogens is 1. The van der Waals surface area contributed by atoms with Crippen LogP contribution >= 0.6 is 0 Å². The Balaban J connectivity index is 1.23. The van der Waals surface area contributed by atoms with E-state index >= 15 is 0 Å². The Kier molecular flexibility index (Phi) is 4.89. The SMILES string of the molecule is Cc1ccc(F)c2cc(C(=O)N[C@@H]3CCC[C@@H](N4CCN5C(=O)OC[C@@H]5C4)C3)[nH]c12. The van der Waals surface area contributed by atoms with Gasteiger partial charge < -0.3 is 15.0 Å². The molecule has 1 aromatic carbocycles. The molecule has 1 aliphatic carbocycles. The fraction of sp³-hybridized carbons (Fsp3) is 0.545. The average Bonchev–Trinajstić information content (AvgIpc) is 3.36. The normalized spacial score (nSPS) is 27.2. The molecule has 160 valence electrons. The van der Waals surface area contributed by atoms with E-state index in [0.29, 0.717) is 35.8 Å². The number of nitrogens with one attached hydrogen (secondary N) is 2. The summed E-state index contributed by atoms with van der Waals surface area (Å²) < 4.78 is 19.3. The first-order valence-electron chi connectivity index (χ1n) is 10.8. The van der Waals surface area contributed by atoms with Crippen LogP contribution in [0.1, 0.15) is 41.7 Å². The van der Waals surface area contributed by atoms with Gasteiger partial charge in [0, 0.05) is 37.1 Å². The number of hydrogen-bond acceptors (Lipinski definition) is 4. The predicted molar refractivity (Wildman–Crippen MR) is 110 cm³/mol. The highest BCUT2D eigenvalue weighted by Crippen LogP contribution is 2.28. The monoisotopic (exact) mass is 414 g/mol. The molecule has 2 aliphatic heterocycles. The number of amides is 2. The molecular weight excluding hydrogens is 387 g/mol. The summed E-state index contributed by atoms with van der Waals surface area (Å²) in [5.41, 5.74) is 1.99. The van der Waals surface area contributed by atoms with Crippen LogP contribution in [-0.2, 0) is 4.74 Å². The fourth-order valence-electron chi connectivity index (χ4n) is 5.18. The number of aromatic amines is 1. The zero-order valence-electron chi connectivity index (χ0n) is 17.1. The van der Waals surface area contributed by atoms with Gasteiger partial charge in [0.2, 0.25) is 0 Å². The molecule has 0 unspecified atom stereocenters. The predicted octanol–water partition coefficient (Wildman–Crippen LogP) is 2.79. The van der Waals surface area contributed by atoms with E-state index in [-0.39, 0.29) is 29.9 Å². The molecule has 0 radical (unpaired) electrons. The van der Waals surface area contributed by atoms with Crippen LogP contribution < -0.4 is 5.32 Å². The molecule has 3 atom stereocenters. The van der Waals surface area contributed by atoms with Crippen LogP contribution in [0.5, 0.6) is 0 Å². The van der Waals surface area contributed by atoms with E-state index in [4.69, 9.17) is 4.74 Å². The van der Waals surface area contributed by atoms with Crippen molar-refractivity contribution in [3.05, 3.63) is 35.3 Å². The number of nitrogens with zero attached hydrogens (tertiary/aromatic N) is 2. The first-order valence-corrected chi connectivity index (χ1v) is 10.8. The summed E-state index contributed by atoms with van der Waals surface area (Å²) in [6.07, 6.45) is 3.79. The van der Waals surface area contributed by atoms with E-state index in [1.807, 2.05) is 11.8 Å². The highest BCUT2D eigenvalue weighted by molar-refractivity contribution is 5.99. The van der Waals surface area contributed by atoms with Gasteiger partial charge in [-0.05, 0) is 50.3 Å². The van der Waals surface area contributed by atoms with Crippen molar-refractivity contribution in [2.45, 2.75) is 50.7 Å². The zero-order chi connectivity index (χ0) is 20.8. The molecule has 2 saturated heterocycles. The lowest BCUT2D eigenvalue weighted by Gasteiger charge is -2.43. The Morgan fingerprint density at radius 2 is 2.13 bits per heavy atom. The maximum atomic E-state index is 14.1. The molecular formula is C22H27FN4O3. The number of rotatable bonds is 3. The Labute approximate surface area is 174 Å². The van der Waals surface area contributed by atoms with Gasteiger partial charge in [0.15, 0.2) is 0 Å². The first kappa shape index (κ1) is 19.4. The summed E-state index contributed by atoms with van der Waals surface area (Å²) in [5, 5.41) is 3.60. The van der Waals surface area contributed by atoms with Crippen LogP contribution in [0.25, 0.3) is 10.9 Å². The summed E-state index contributed by atoms with van der Waals surface area (Å²) in [6.45, 7) is 4.75. The van der Waals surface area contributed by atoms with Crippen molar-refractivity contribution in [2.75, 3.05) is 26.2 Å². The van der Waals surface area contributed by atoms with Gasteiger partial charge >= 0.3 is 6.09 Å². The number of benzene rings is 1. The van der Waals surface area contributed by atoms with Gasteiger partial charge in [-0.1, -0.05) is 6.07 Å². The quantitative estimate of drug-likeness (QED) is 0.810. The van der Waals surface area contributed by atoms with Gasteiger partial charge in [-0.2, -0.15) is 0 Å². The topological polar surface area (TPSA) is 77.7 Å². The number of aryl methyl sites for hydroxylation is 1. The largest absolute Gasteiger partial charge is 0.447 e. The molecule has 1 aromatic heterocycles.